The van der Waals surface area contributed by atoms with Crippen LogP contribution in [-0.2, 0) is 9.53 Å². The van der Waals surface area contributed by atoms with E-state index >= 15 is 0 Å². The Balaban J connectivity index is 0. The van der Waals surface area contributed by atoms with Gasteiger partial charge in [0, 0.05) is 6.54 Å². The van der Waals surface area contributed by atoms with Gasteiger partial charge < -0.3 is 9.84 Å². The highest BCUT2D eigenvalue weighted by Gasteiger charge is 2.08. The van der Waals surface area contributed by atoms with Gasteiger partial charge in [-0.15, -0.1) is 12.4 Å². The van der Waals surface area contributed by atoms with Crippen LogP contribution in [0.2, 0.25) is 0 Å². The zero-order valence-corrected chi connectivity index (χ0v) is 10.5. The van der Waals surface area contributed by atoms with Gasteiger partial charge in [-0.1, -0.05) is 6.92 Å². The summed E-state index contributed by atoms with van der Waals surface area (Å²) in [4.78, 5) is 12.4. The highest BCUT2D eigenvalue weighted by molar-refractivity contribution is 5.85. The summed E-state index contributed by atoms with van der Waals surface area (Å²) < 4.78 is 5.37. The molecule has 15 heavy (non-hydrogen) atoms. The first-order valence-corrected chi connectivity index (χ1v) is 5.12. The van der Waals surface area contributed by atoms with Crippen molar-refractivity contribution in [2.75, 3.05) is 26.2 Å². The zero-order valence-electron chi connectivity index (χ0n) is 9.73. The molecule has 0 aliphatic heterocycles. The highest BCUT2D eigenvalue weighted by atomic mass is 35.5. The molecule has 0 atom stereocenters. The van der Waals surface area contributed by atoms with E-state index in [4.69, 9.17) is 9.84 Å². The van der Waals surface area contributed by atoms with Gasteiger partial charge in [0.15, 0.2) is 0 Å². The first-order valence-electron chi connectivity index (χ1n) is 5.12. The number of carboxylic acids is 1. The number of aliphatic carboxylic acids is 1. The van der Waals surface area contributed by atoms with E-state index in [2.05, 4.69) is 0 Å². The molecule has 0 aromatic rings. The predicted octanol–water partition coefficient (Wildman–Crippen LogP) is 1.63. The summed E-state index contributed by atoms with van der Waals surface area (Å²) in [5.74, 6) is -0.775. The Morgan fingerprint density at radius 3 is 2.40 bits per heavy atom. The zero-order chi connectivity index (χ0) is 11.0. The Morgan fingerprint density at radius 2 is 2.00 bits per heavy atom. The molecule has 0 aromatic heterocycles. The predicted molar refractivity (Wildman–Crippen MR) is 62.7 cm³/mol. The van der Waals surface area contributed by atoms with Gasteiger partial charge in [0.25, 0.3) is 0 Å². The van der Waals surface area contributed by atoms with E-state index in [-0.39, 0.29) is 25.1 Å². The van der Waals surface area contributed by atoms with Crippen LogP contribution in [0.1, 0.15) is 27.2 Å². The van der Waals surface area contributed by atoms with E-state index < -0.39 is 5.97 Å². The van der Waals surface area contributed by atoms with Crippen molar-refractivity contribution >= 4 is 18.4 Å². The van der Waals surface area contributed by atoms with E-state index in [1.807, 2.05) is 25.7 Å². The summed E-state index contributed by atoms with van der Waals surface area (Å²) in [5, 5.41) is 8.64. The van der Waals surface area contributed by atoms with E-state index in [1.165, 1.54) is 0 Å². The summed E-state index contributed by atoms with van der Waals surface area (Å²) in [6, 6.07) is 0. The highest BCUT2D eigenvalue weighted by Crippen LogP contribution is 1.94. The van der Waals surface area contributed by atoms with Crippen LogP contribution in [0, 0.1) is 0 Å². The van der Waals surface area contributed by atoms with E-state index in [0.717, 1.165) is 13.0 Å². The minimum absolute atomic E-state index is 0. The summed E-state index contributed by atoms with van der Waals surface area (Å²) in [5.41, 5.74) is 0. The maximum atomic E-state index is 10.5. The molecular formula is C10H22ClNO3. The third-order valence-corrected chi connectivity index (χ3v) is 1.76. The van der Waals surface area contributed by atoms with Gasteiger partial charge in [0.2, 0.25) is 0 Å². The molecule has 0 amide bonds. The summed E-state index contributed by atoms with van der Waals surface area (Å²) in [6.07, 6.45) is 1.18. The second kappa shape index (κ2) is 10.2. The molecule has 0 heterocycles. The molecule has 0 bridgehead atoms. The molecule has 0 saturated carbocycles. The Hall–Kier alpha value is -0.320. The van der Waals surface area contributed by atoms with Gasteiger partial charge in [-0.05, 0) is 26.8 Å². The topological polar surface area (TPSA) is 49.8 Å². The fraction of sp³-hybridized carbons (Fsp3) is 0.900. The quantitative estimate of drug-likeness (QED) is 0.700. The van der Waals surface area contributed by atoms with Crippen molar-refractivity contribution in [2.24, 2.45) is 0 Å². The van der Waals surface area contributed by atoms with Gasteiger partial charge in [0.1, 0.15) is 0 Å². The second-order valence-corrected chi connectivity index (χ2v) is 3.59. The molecule has 0 unspecified atom stereocenters. The van der Waals surface area contributed by atoms with Crippen molar-refractivity contribution in [1.29, 1.82) is 0 Å². The van der Waals surface area contributed by atoms with Gasteiger partial charge in [-0.25, -0.2) is 0 Å². The lowest BCUT2D eigenvalue weighted by molar-refractivity contribution is -0.138. The van der Waals surface area contributed by atoms with Gasteiger partial charge in [-0.3, -0.25) is 9.69 Å². The van der Waals surface area contributed by atoms with Crippen LogP contribution in [0.3, 0.4) is 0 Å². The Bertz CT molecular complexity index is 165. The molecule has 92 valence electrons. The van der Waals surface area contributed by atoms with Gasteiger partial charge in [0.05, 0.1) is 19.3 Å². The Kier molecular flexibility index (Phi) is 11.6. The largest absolute Gasteiger partial charge is 0.480 e. The molecule has 0 fully saturated rings. The average Bonchev–Trinajstić information content (AvgIpc) is 2.02. The van der Waals surface area contributed by atoms with Crippen LogP contribution >= 0.6 is 12.4 Å². The molecule has 4 nitrogen and oxygen atoms in total. The number of carboxylic acid groups (broad SMARTS) is 1. The molecule has 0 saturated heterocycles. The maximum absolute atomic E-state index is 10.5. The standard InChI is InChI=1S/C10H21NO3.ClH/c1-4-5-11(8-10(12)13)6-7-14-9(2)3;/h9H,4-8H2,1-3H3,(H,12,13);1H. The lowest BCUT2D eigenvalue weighted by Gasteiger charge is -2.19. The third kappa shape index (κ3) is 11.6. The summed E-state index contributed by atoms with van der Waals surface area (Å²) in [6.45, 7) is 8.20. The molecule has 0 aliphatic carbocycles. The lowest BCUT2D eigenvalue weighted by atomic mass is 10.4. The van der Waals surface area contributed by atoms with E-state index in [0.29, 0.717) is 13.2 Å². The average molecular weight is 240 g/mol. The smallest absolute Gasteiger partial charge is 0.317 e. The SMILES string of the molecule is CCCN(CCOC(C)C)CC(=O)O.Cl. The molecule has 0 radical (unpaired) electrons. The van der Waals surface area contributed by atoms with Gasteiger partial charge in [-0.2, -0.15) is 0 Å². The van der Waals surface area contributed by atoms with Crippen molar-refractivity contribution in [3.05, 3.63) is 0 Å². The van der Waals surface area contributed by atoms with Crippen molar-refractivity contribution < 1.29 is 14.6 Å². The molecule has 5 heteroatoms. The monoisotopic (exact) mass is 239 g/mol. The Labute approximate surface area is 98.0 Å². The molecule has 0 spiro atoms. The number of halogens is 1. The van der Waals surface area contributed by atoms with E-state index in [1.54, 1.807) is 0 Å². The van der Waals surface area contributed by atoms with Crippen molar-refractivity contribution in [3.63, 3.8) is 0 Å². The number of ether oxygens (including phenoxy) is 1. The molecule has 0 aliphatic rings. The Morgan fingerprint density at radius 1 is 1.40 bits per heavy atom. The number of nitrogens with zero attached hydrogens (tertiary/aromatic N) is 1. The first-order chi connectivity index (χ1) is 6.56. The fourth-order valence-corrected chi connectivity index (χ4v) is 1.19. The molecule has 0 aromatic carbocycles. The van der Waals surface area contributed by atoms with Crippen molar-refractivity contribution in [2.45, 2.75) is 33.3 Å². The lowest BCUT2D eigenvalue weighted by Crippen LogP contribution is -2.33. The van der Waals surface area contributed by atoms with Crippen LogP contribution in [0.5, 0.6) is 0 Å². The molecule has 0 rings (SSSR count). The van der Waals surface area contributed by atoms with Crippen molar-refractivity contribution in [1.82, 2.24) is 4.90 Å². The van der Waals surface area contributed by atoms with Crippen LogP contribution in [0.25, 0.3) is 0 Å². The maximum Gasteiger partial charge on any atom is 0.317 e. The first kappa shape index (κ1) is 17.1. The number of hydrogen-bond donors (Lipinski definition) is 1. The fourth-order valence-electron chi connectivity index (χ4n) is 1.19. The second-order valence-electron chi connectivity index (χ2n) is 3.59. The van der Waals surface area contributed by atoms with Crippen LogP contribution < -0.4 is 0 Å². The summed E-state index contributed by atoms with van der Waals surface area (Å²) in [7, 11) is 0. The third-order valence-electron chi connectivity index (χ3n) is 1.76. The van der Waals surface area contributed by atoms with Crippen LogP contribution in [0.15, 0.2) is 0 Å². The minimum atomic E-state index is -0.775. The molecular weight excluding hydrogens is 218 g/mol. The van der Waals surface area contributed by atoms with E-state index in [9.17, 15) is 4.79 Å². The normalized spacial score (nSPS) is 10.5. The number of carbonyl (C=O) groups is 1. The van der Waals surface area contributed by atoms with Crippen molar-refractivity contribution in [3.8, 4) is 0 Å². The van der Waals surface area contributed by atoms with Crippen LogP contribution in [0.4, 0.5) is 0 Å². The molecule has 1 N–H and O–H groups in total. The minimum Gasteiger partial charge on any atom is -0.480 e. The van der Waals surface area contributed by atoms with Crippen LogP contribution in [-0.4, -0.2) is 48.3 Å². The number of hydrogen-bond acceptors (Lipinski definition) is 3. The summed E-state index contributed by atoms with van der Waals surface area (Å²) >= 11 is 0. The van der Waals surface area contributed by atoms with Gasteiger partial charge >= 0.3 is 5.97 Å². The number of rotatable bonds is 8.